The molecular formula is C26H26N6O. The second-order valence-electron chi connectivity index (χ2n) is 8.28. The number of hydrogen-bond acceptors (Lipinski definition) is 5. The first kappa shape index (κ1) is 20.8. The number of piperazine rings is 1. The number of amides is 1. The lowest BCUT2D eigenvalue weighted by atomic mass is 10.0. The first-order chi connectivity index (χ1) is 16.1. The van der Waals surface area contributed by atoms with Gasteiger partial charge >= 0.3 is 0 Å². The maximum atomic E-state index is 13.2. The summed E-state index contributed by atoms with van der Waals surface area (Å²) in [5.41, 5.74) is 12.2. The largest absolute Gasteiger partial charge is 0.368 e. The van der Waals surface area contributed by atoms with Crippen molar-refractivity contribution in [3.8, 4) is 22.4 Å². The molecule has 1 aliphatic heterocycles. The molecule has 0 aliphatic carbocycles. The Morgan fingerprint density at radius 3 is 2.52 bits per heavy atom. The summed E-state index contributed by atoms with van der Waals surface area (Å²) in [5.74, 6) is 0.195. The number of benzene rings is 2. The highest BCUT2D eigenvalue weighted by Gasteiger charge is 2.24. The molecule has 1 amide bonds. The summed E-state index contributed by atoms with van der Waals surface area (Å²) < 4.78 is 0. The number of H-pyrrole nitrogens is 1. The Kier molecular flexibility index (Phi) is 5.52. The van der Waals surface area contributed by atoms with Crippen molar-refractivity contribution >= 4 is 17.5 Å². The molecule has 0 spiro atoms. The number of nitrogens with two attached hydrogens (primary N) is 1. The van der Waals surface area contributed by atoms with E-state index in [-0.39, 0.29) is 11.9 Å². The minimum atomic E-state index is -0.00639. The number of carbonyl (C=O) groups is 1. The fourth-order valence-corrected chi connectivity index (χ4v) is 4.27. The van der Waals surface area contributed by atoms with E-state index in [1.165, 1.54) is 5.69 Å². The van der Waals surface area contributed by atoms with Crippen LogP contribution in [0.1, 0.15) is 16.1 Å². The monoisotopic (exact) mass is 438 g/mol. The van der Waals surface area contributed by atoms with Gasteiger partial charge in [0.25, 0.3) is 5.91 Å². The minimum absolute atomic E-state index is 0.00639. The smallest absolute Gasteiger partial charge is 0.270 e. The van der Waals surface area contributed by atoms with Crippen molar-refractivity contribution in [3.63, 3.8) is 0 Å². The van der Waals surface area contributed by atoms with Gasteiger partial charge in [-0.25, -0.2) is 9.97 Å². The topological polar surface area (TPSA) is 91.1 Å². The van der Waals surface area contributed by atoms with Gasteiger partial charge in [0, 0.05) is 55.4 Å². The Morgan fingerprint density at radius 2 is 1.76 bits per heavy atom. The molecule has 0 unspecified atom stereocenters. The lowest BCUT2D eigenvalue weighted by molar-refractivity contribution is 0.0741. The van der Waals surface area contributed by atoms with Gasteiger partial charge in [0.2, 0.25) is 5.95 Å². The van der Waals surface area contributed by atoms with Crippen molar-refractivity contribution in [1.29, 1.82) is 0 Å². The summed E-state index contributed by atoms with van der Waals surface area (Å²) in [6, 6.07) is 20.3. The molecule has 3 N–H and O–H groups in total. The number of anilines is 2. The number of nitrogens with one attached hydrogen (secondary N) is 1. The van der Waals surface area contributed by atoms with E-state index in [0.717, 1.165) is 35.3 Å². The Balaban J connectivity index is 1.36. The van der Waals surface area contributed by atoms with Gasteiger partial charge in [0.05, 0.1) is 5.69 Å². The molecule has 0 atom stereocenters. The molecule has 2 aromatic carbocycles. The van der Waals surface area contributed by atoms with E-state index in [2.05, 4.69) is 38.1 Å². The summed E-state index contributed by atoms with van der Waals surface area (Å²) in [5, 5.41) is 0. The molecule has 7 heteroatoms. The van der Waals surface area contributed by atoms with Crippen LogP contribution in [0.15, 0.2) is 73.1 Å². The van der Waals surface area contributed by atoms with E-state index in [4.69, 9.17) is 5.73 Å². The summed E-state index contributed by atoms with van der Waals surface area (Å²) >= 11 is 0. The average Bonchev–Trinajstić information content (AvgIpc) is 3.34. The number of nitrogen functional groups attached to an aromatic ring is 1. The normalized spacial score (nSPS) is 13.8. The summed E-state index contributed by atoms with van der Waals surface area (Å²) in [6.45, 7) is 5.02. The zero-order chi connectivity index (χ0) is 22.8. The van der Waals surface area contributed by atoms with E-state index in [1.807, 2.05) is 60.5 Å². The van der Waals surface area contributed by atoms with Crippen LogP contribution in [0.2, 0.25) is 0 Å². The molecular weight excluding hydrogens is 412 g/mol. The highest BCUT2D eigenvalue weighted by molar-refractivity contribution is 5.95. The van der Waals surface area contributed by atoms with Gasteiger partial charge in [0.1, 0.15) is 5.69 Å². The molecule has 0 bridgehead atoms. The maximum absolute atomic E-state index is 13.2. The van der Waals surface area contributed by atoms with E-state index >= 15 is 0 Å². The van der Waals surface area contributed by atoms with Crippen LogP contribution in [0, 0.1) is 6.92 Å². The molecule has 1 aliphatic rings. The van der Waals surface area contributed by atoms with Crippen LogP contribution in [0.25, 0.3) is 22.4 Å². The summed E-state index contributed by atoms with van der Waals surface area (Å²) in [6.07, 6.45) is 3.55. The first-order valence-corrected chi connectivity index (χ1v) is 11.1. The Hall–Kier alpha value is -4.13. The number of rotatable bonds is 4. The SMILES string of the molecule is Cc1cccc(-c2cnc(N)nc2-c2c[nH]c(C(=O)N3CCN(c4ccccc4)CC3)c2)c1. The molecule has 1 saturated heterocycles. The van der Waals surface area contributed by atoms with Crippen molar-refractivity contribution in [2.45, 2.75) is 6.92 Å². The molecule has 2 aromatic heterocycles. The number of aryl methyl sites for hydroxylation is 1. The third-order valence-corrected chi connectivity index (χ3v) is 6.01. The standard InChI is InChI=1S/C26H26N6O/c1-18-6-5-7-19(14-18)22-17-29-26(27)30-24(22)20-15-23(28-16-20)25(33)32-12-10-31(11-13-32)21-8-3-2-4-9-21/h2-9,14-17,28H,10-13H2,1H3,(H2,27,29,30). The molecule has 4 aromatic rings. The molecule has 33 heavy (non-hydrogen) atoms. The Morgan fingerprint density at radius 1 is 0.970 bits per heavy atom. The number of carbonyl (C=O) groups excluding carboxylic acids is 1. The van der Waals surface area contributed by atoms with Crippen LogP contribution in [0.4, 0.5) is 11.6 Å². The highest BCUT2D eigenvalue weighted by atomic mass is 16.2. The minimum Gasteiger partial charge on any atom is -0.368 e. The lowest BCUT2D eigenvalue weighted by Gasteiger charge is -2.36. The first-order valence-electron chi connectivity index (χ1n) is 11.1. The van der Waals surface area contributed by atoms with Crippen LogP contribution in [0.5, 0.6) is 0 Å². The fourth-order valence-electron chi connectivity index (χ4n) is 4.27. The number of hydrogen-bond donors (Lipinski definition) is 2. The molecule has 5 rings (SSSR count). The molecule has 1 fully saturated rings. The number of aromatic nitrogens is 3. The Labute approximate surface area is 192 Å². The zero-order valence-electron chi connectivity index (χ0n) is 18.5. The van der Waals surface area contributed by atoms with Gasteiger partial charge in [0.15, 0.2) is 0 Å². The van der Waals surface area contributed by atoms with Gasteiger partial charge < -0.3 is 20.5 Å². The molecule has 0 radical (unpaired) electrons. The predicted octanol–water partition coefficient (Wildman–Crippen LogP) is 3.99. The van der Waals surface area contributed by atoms with Crippen LogP contribution < -0.4 is 10.6 Å². The highest BCUT2D eigenvalue weighted by Crippen LogP contribution is 2.31. The average molecular weight is 439 g/mol. The molecule has 0 saturated carbocycles. The molecule has 3 heterocycles. The zero-order valence-corrected chi connectivity index (χ0v) is 18.5. The van der Waals surface area contributed by atoms with Gasteiger partial charge in [-0.05, 0) is 30.7 Å². The van der Waals surface area contributed by atoms with E-state index in [1.54, 1.807) is 6.20 Å². The van der Waals surface area contributed by atoms with E-state index < -0.39 is 0 Å². The van der Waals surface area contributed by atoms with Crippen molar-refractivity contribution in [2.75, 3.05) is 36.8 Å². The third-order valence-electron chi connectivity index (χ3n) is 6.01. The second-order valence-corrected chi connectivity index (χ2v) is 8.28. The number of para-hydroxylation sites is 1. The third kappa shape index (κ3) is 4.30. The van der Waals surface area contributed by atoms with Crippen molar-refractivity contribution in [2.24, 2.45) is 0 Å². The van der Waals surface area contributed by atoms with Gasteiger partial charge in [-0.2, -0.15) is 0 Å². The maximum Gasteiger partial charge on any atom is 0.270 e. The van der Waals surface area contributed by atoms with Crippen molar-refractivity contribution < 1.29 is 4.79 Å². The number of nitrogens with zero attached hydrogens (tertiary/aromatic N) is 4. The quantitative estimate of drug-likeness (QED) is 0.503. The molecule has 166 valence electrons. The van der Waals surface area contributed by atoms with Crippen LogP contribution in [0.3, 0.4) is 0 Å². The second kappa shape index (κ2) is 8.78. The van der Waals surface area contributed by atoms with Crippen LogP contribution in [-0.4, -0.2) is 51.9 Å². The van der Waals surface area contributed by atoms with E-state index in [9.17, 15) is 4.79 Å². The van der Waals surface area contributed by atoms with E-state index in [0.29, 0.717) is 24.5 Å². The van der Waals surface area contributed by atoms with Crippen LogP contribution in [-0.2, 0) is 0 Å². The van der Waals surface area contributed by atoms with Gasteiger partial charge in [-0.15, -0.1) is 0 Å². The predicted molar refractivity (Wildman–Crippen MR) is 131 cm³/mol. The summed E-state index contributed by atoms with van der Waals surface area (Å²) in [4.78, 5) is 29.2. The number of aromatic amines is 1. The fraction of sp³-hybridized carbons (Fsp3) is 0.192. The summed E-state index contributed by atoms with van der Waals surface area (Å²) in [7, 11) is 0. The molecule has 7 nitrogen and oxygen atoms in total. The van der Waals surface area contributed by atoms with Gasteiger partial charge in [-0.3, -0.25) is 4.79 Å². The lowest BCUT2D eigenvalue weighted by Crippen LogP contribution is -2.48. The Bertz CT molecular complexity index is 1270. The van der Waals surface area contributed by atoms with Crippen molar-refractivity contribution in [1.82, 2.24) is 19.9 Å². The van der Waals surface area contributed by atoms with Gasteiger partial charge in [-0.1, -0.05) is 48.0 Å². The van der Waals surface area contributed by atoms with Crippen LogP contribution >= 0.6 is 0 Å². The van der Waals surface area contributed by atoms with Crippen molar-refractivity contribution in [3.05, 3.63) is 84.3 Å².